The molecule has 0 unspecified atom stereocenters. The van der Waals surface area contributed by atoms with Crippen LogP contribution in [0.15, 0.2) is 16.7 Å². The van der Waals surface area contributed by atoms with Crippen molar-refractivity contribution in [2.24, 2.45) is 0 Å². The number of aryl methyl sites for hydroxylation is 1. The molecule has 0 radical (unpaired) electrons. The van der Waals surface area contributed by atoms with E-state index in [0.29, 0.717) is 16.4 Å². The molecule has 1 rings (SSSR count). The summed E-state index contributed by atoms with van der Waals surface area (Å²) >= 11 is 6.86. The smallest absolute Gasteiger partial charge is 0.287 e. The lowest BCUT2D eigenvalue weighted by atomic mass is 10.0. The van der Waals surface area contributed by atoms with E-state index in [1.54, 1.807) is 6.07 Å². The summed E-state index contributed by atoms with van der Waals surface area (Å²) in [5, 5.41) is 4.40. The quantitative estimate of drug-likeness (QED) is 0.826. The van der Waals surface area contributed by atoms with Crippen molar-refractivity contribution in [3.8, 4) is 0 Å². The first kappa shape index (κ1) is 13.8. The van der Waals surface area contributed by atoms with Crippen molar-refractivity contribution in [3.05, 3.63) is 23.7 Å². The van der Waals surface area contributed by atoms with Gasteiger partial charge >= 0.3 is 0 Å². The summed E-state index contributed by atoms with van der Waals surface area (Å²) in [4.78, 5) is 12.0. The zero-order valence-electron chi connectivity index (χ0n) is 9.35. The molecule has 0 saturated carbocycles. The fourth-order valence-corrected chi connectivity index (χ4v) is 3.28. The van der Waals surface area contributed by atoms with E-state index in [0.717, 1.165) is 12.0 Å². The van der Waals surface area contributed by atoms with Gasteiger partial charge < -0.3 is 9.73 Å². The van der Waals surface area contributed by atoms with Gasteiger partial charge in [0.05, 0.1) is 11.8 Å². The van der Waals surface area contributed by atoms with E-state index in [-0.39, 0.29) is 11.4 Å². The van der Waals surface area contributed by atoms with Gasteiger partial charge in [0, 0.05) is 16.2 Å². The number of halogens is 2. The van der Waals surface area contributed by atoms with E-state index in [2.05, 4.69) is 37.2 Å². The molecule has 0 aliphatic rings. The molecule has 3 nitrogen and oxygen atoms in total. The maximum atomic E-state index is 12.0. The summed E-state index contributed by atoms with van der Waals surface area (Å²) in [6.45, 7) is 3.89. The van der Waals surface area contributed by atoms with Gasteiger partial charge in [0.25, 0.3) is 5.91 Å². The van der Waals surface area contributed by atoms with Gasteiger partial charge in [-0.2, -0.15) is 0 Å². The van der Waals surface area contributed by atoms with Gasteiger partial charge in [-0.15, -0.1) is 0 Å². The zero-order valence-corrected chi connectivity index (χ0v) is 12.5. The molecule has 0 saturated heterocycles. The fourth-order valence-electron chi connectivity index (χ4n) is 1.28. The highest BCUT2D eigenvalue weighted by Gasteiger charge is 2.29. The number of nitrogens with one attached hydrogen (secondary N) is 1. The van der Waals surface area contributed by atoms with Gasteiger partial charge in [0.1, 0.15) is 0 Å². The Morgan fingerprint density at radius 1 is 1.50 bits per heavy atom. The number of alkyl halides is 2. The standard InChI is InChI=1S/C11H15Br2NO2/c1-3-11(6-12,7-13)14-10(15)9-8(2)4-5-16-9/h4-5H,3,6-7H2,1-2H3,(H,14,15). The molecule has 16 heavy (non-hydrogen) atoms. The minimum atomic E-state index is -0.268. The lowest BCUT2D eigenvalue weighted by Crippen LogP contribution is -2.51. The number of hydrogen-bond donors (Lipinski definition) is 1. The minimum Gasteiger partial charge on any atom is -0.459 e. The zero-order chi connectivity index (χ0) is 12.2. The molecule has 1 N–H and O–H groups in total. The third kappa shape index (κ3) is 2.88. The highest BCUT2D eigenvalue weighted by Crippen LogP contribution is 2.18. The molecule has 0 aromatic carbocycles. The van der Waals surface area contributed by atoms with Crippen LogP contribution in [0.4, 0.5) is 0 Å². The van der Waals surface area contributed by atoms with E-state index >= 15 is 0 Å². The summed E-state index contributed by atoms with van der Waals surface area (Å²) in [7, 11) is 0. The summed E-state index contributed by atoms with van der Waals surface area (Å²) in [5.41, 5.74) is 0.586. The van der Waals surface area contributed by atoms with Gasteiger partial charge in [-0.25, -0.2) is 0 Å². The molecule has 5 heteroatoms. The molecule has 1 aromatic rings. The second-order valence-corrected chi connectivity index (χ2v) is 4.91. The Kier molecular flexibility index (Phi) is 5.05. The molecule has 0 bridgehead atoms. The Labute approximate surface area is 112 Å². The molecule has 0 atom stereocenters. The average Bonchev–Trinajstić information content (AvgIpc) is 2.72. The van der Waals surface area contributed by atoms with E-state index in [1.165, 1.54) is 6.26 Å². The number of hydrogen-bond acceptors (Lipinski definition) is 2. The summed E-state index contributed by atoms with van der Waals surface area (Å²) < 4.78 is 5.16. The summed E-state index contributed by atoms with van der Waals surface area (Å²) in [6, 6.07) is 1.78. The van der Waals surface area contributed by atoms with Gasteiger partial charge in [-0.05, 0) is 19.4 Å². The van der Waals surface area contributed by atoms with Crippen LogP contribution in [0.3, 0.4) is 0 Å². The van der Waals surface area contributed by atoms with Crippen LogP contribution >= 0.6 is 31.9 Å². The first-order valence-electron chi connectivity index (χ1n) is 5.07. The van der Waals surface area contributed by atoms with Crippen LogP contribution in [0.25, 0.3) is 0 Å². The normalized spacial score (nSPS) is 11.5. The summed E-state index contributed by atoms with van der Waals surface area (Å²) in [5.74, 6) is 0.225. The number of carbonyl (C=O) groups excluding carboxylic acids is 1. The Morgan fingerprint density at radius 2 is 2.12 bits per heavy atom. The topological polar surface area (TPSA) is 42.2 Å². The van der Waals surface area contributed by atoms with Crippen LogP contribution in [-0.4, -0.2) is 22.1 Å². The highest BCUT2D eigenvalue weighted by atomic mass is 79.9. The van der Waals surface area contributed by atoms with E-state index < -0.39 is 0 Å². The Hall–Kier alpha value is -0.290. The molecule has 90 valence electrons. The van der Waals surface area contributed by atoms with E-state index in [4.69, 9.17) is 4.42 Å². The number of amides is 1. The maximum Gasteiger partial charge on any atom is 0.287 e. The molecule has 0 spiro atoms. The first-order valence-corrected chi connectivity index (χ1v) is 7.31. The van der Waals surface area contributed by atoms with Crippen molar-refractivity contribution in [2.45, 2.75) is 25.8 Å². The van der Waals surface area contributed by atoms with E-state index in [9.17, 15) is 4.79 Å². The van der Waals surface area contributed by atoms with Crippen molar-refractivity contribution >= 4 is 37.8 Å². The Morgan fingerprint density at radius 3 is 2.50 bits per heavy atom. The number of carbonyl (C=O) groups is 1. The van der Waals surface area contributed by atoms with E-state index in [1.807, 2.05) is 13.8 Å². The molecular formula is C11H15Br2NO2. The van der Waals surface area contributed by atoms with Crippen molar-refractivity contribution in [2.75, 3.05) is 10.7 Å². The van der Waals surface area contributed by atoms with Crippen molar-refractivity contribution in [3.63, 3.8) is 0 Å². The molecule has 1 amide bonds. The van der Waals surface area contributed by atoms with Gasteiger partial charge in [-0.3, -0.25) is 4.79 Å². The van der Waals surface area contributed by atoms with Gasteiger partial charge in [0.15, 0.2) is 5.76 Å². The average molecular weight is 353 g/mol. The highest BCUT2D eigenvalue weighted by molar-refractivity contribution is 9.09. The van der Waals surface area contributed by atoms with Crippen molar-refractivity contribution < 1.29 is 9.21 Å². The molecule has 0 aliphatic heterocycles. The van der Waals surface area contributed by atoms with Gasteiger partial charge in [-0.1, -0.05) is 38.8 Å². The SMILES string of the molecule is CCC(CBr)(CBr)NC(=O)c1occc1C. The Balaban J connectivity index is 2.81. The largest absolute Gasteiger partial charge is 0.459 e. The molecule has 0 fully saturated rings. The van der Waals surface area contributed by atoms with Crippen LogP contribution < -0.4 is 5.32 Å². The second kappa shape index (κ2) is 5.87. The minimum absolute atomic E-state index is 0.164. The predicted molar refractivity (Wildman–Crippen MR) is 71.5 cm³/mol. The maximum absolute atomic E-state index is 12.0. The fraction of sp³-hybridized carbons (Fsp3) is 0.545. The van der Waals surface area contributed by atoms with Gasteiger partial charge in [0.2, 0.25) is 0 Å². The molecule has 1 heterocycles. The predicted octanol–water partition coefficient (Wildman–Crippen LogP) is 3.26. The van der Waals surface area contributed by atoms with Crippen LogP contribution in [0, 0.1) is 6.92 Å². The van der Waals surface area contributed by atoms with Crippen molar-refractivity contribution in [1.29, 1.82) is 0 Å². The number of rotatable bonds is 5. The summed E-state index contributed by atoms with van der Waals surface area (Å²) in [6.07, 6.45) is 2.37. The van der Waals surface area contributed by atoms with Crippen LogP contribution in [-0.2, 0) is 0 Å². The lowest BCUT2D eigenvalue weighted by Gasteiger charge is -2.29. The van der Waals surface area contributed by atoms with Crippen LogP contribution in [0.2, 0.25) is 0 Å². The third-order valence-electron chi connectivity index (χ3n) is 2.64. The van der Waals surface area contributed by atoms with Crippen LogP contribution in [0.1, 0.15) is 29.5 Å². The molecule has 0 aliphatic carbocycles. The number of furan rings is 1. The first-order chi connectivity index (χ1) is 7.58. The van der Waals surface area contributed by atoms with Crippen LogP contribution in [0.5, 0.6) is 0 Å². The third-order valence-corrected chi connectivity index (χ3v) is 4.78. The molecular weight excluding hydrogens is 338 g/mol. The van der Waals surface area contributed by atoms with Crippen molar-refractivity contribution in [1.82, 2.24) is 5.32 Å². The second-order valence-electron chi connectivity index (χ2n) is 3.79. The monoisotopic (exact) mass is 351 g/mol. The molecule has 1 aromatic heterocycles. The Bertz CT molecular complexity index is 350. The lowest BCUT2D eigenvalue weighted by molar-refractivity contribution is 0.0886.